The van der Waals surface area contributed by atoms with Crippen molar-refractivity contribution in [2.45, 2.75) is 42.5 Å². The van der Waals surface area contributed by atoms with Crippen LogP contribution in [0.3, 0.4) is 0 Å². The zero-order chi connectivity index (χ0) is 32.4. The zero-order valence-electron chi connectivity index (χ0n) is 25.0. The van der Waals surface area contributed by atoms with Gasteiger partial charge in [-0.2, -0.15) is 10.2 Å². The van der Waals surface area contributed by atoms with Crippen LogP contribution in [0.4, 0.5) is 0 Å². The third kappa shape index (κ3) is 6.07. The molecule has 0 fully saturated rings. The number of aromatic nitrogens is 6. The lowest BCUT2D eigenvalue weighted by Gasteiger charge is -2.23. The van der Waals surface area contributed by atoms with Crippen molar-refractivity contribution in [1.29, 1.82) is 0 Å². The molecule has 13 nitrogen and oxygen atoms in total. The number of fused-ring (bicyclic) bond motifs is 2. The molecule has 1 aliphatic rings. The third-order valence-corrected chi connectivity index (χ3v) is 10.6. The number of amides is 1. The molecule has 46 heavy (non-hydrogen) atoms. The van der Waals surface area contributed by atoms with Crippen molar-refractivity contribution in [3.8, 4) is 11.1 Å². The Balaban J connectivity index is 1.14. The highest BCUT2D eigenvalue weighted by atomic mass is 32.2. The number of aryl methyl sites for hydroxylation is 1. The molecule has 15 heteroatoms. The highest BCUT2D eigenvalue weighted by molar-refractivity contribution is 8.00. The van der Waals surface area contributed by atoms with Crippen molar-refractivity contribution in [2.24, 2.45) is 7.05 Å². The van der Waals surface area contributed by atoms with Gasteiger partial charge in [0.25, 0.3) is 11.1 Å². The largest absolute Gasteiger partial charge is 0.355 e. The van der Waals surface area contributed by atoms with Gasteiger partial charge in [0.1, 0.15) is 10.4 Å². The van der Waals surface area contributed by atoms with E-state index in [-0.39, 0.29) is 66.0 Å². The van der Waals surface area contributed by atoms with E-state index in [9.17, 15) is 27.6 Å². The van der Waals surface area contributed by atoms with Crippen LogP contribution in [0.25, 0.3) is 22.0 Å². The lowest BCUT2D eigenvalue weighted by Crippen LogP contribution is -2.45. The number of sulfone groups is 1. The maximum atomic E-state index is 13.6. The standard InChI is InChI=1S/C31H31N7O6S2/c1-35-23-18-33-38(19-21-10-4-2-5-11-21)29(41)26(23)27(34-35)45-20-24(39)32-14-8-15-36-28(40)25(22-12-6-3-7-13-22)30-37(31(36)42)16-9-17-46(30,43)44/h2-7,10-13,18H,8-9,14-17,19-20H2,1H3,(H,32,39). The second kappa shape index (κ2) is 12.9. The Morgan fingerprint density at radius 2 is 1.72 bits per heavy atom. The van der Waals surface area contributed by atoms with Gasteiger partial charge in [0.15, 0.2) is 14.9 Å². The van der Waals surface area contributed by atoms with Gasteiger partial charge in [-0.1, -0.05) is 72.4 Å². The number of hydrogen-bond donors (Lipinski definition) is 1. The number of benzene rings is 2. The number of nitrogens with one attached hydrogen (secondary N) is 1. The smallest absolute Gasteiger partial charge is 0.332 e. The molecule has 0 aliphatic carbocycles. The van der Waals surface area contributed by atoms with E-state index in [1.54, 1.807) is 48.3 Å². The van der Waals surface area contributed by atoms with Crippen molar-refractivity contribution in [3.63, 3.8) is 0 Å². The maximum absolute atomic E-state index is 13.6. The number of carbonyl (C=O) groups is 1. The molecule has 0 saturated heterocycles. The number of hydrogen-bond acceptors (Lipinski definition) is 9. The minimum atomic E-state index is -3.82. The van der Waals surface area contributed by atoms with Crippen LogP contribution in [0.2, 0.25) is 0 Å². The maximum Gasteiger partial charge on any atom is 0.332 e. The van der Waals surface area contributed by atoms with E-state index < -0.39 is 21.1 Å². The van der Waals surface area contributed by atoms with E-state index in [4.69, 9.17) is 0 Å². The first kappa shape index (κ1) is 31.2. The van der Waals surface area contributed by atoms with Gasteiger partial charge in [-0.05, 0) is 24.0 Å². The Hall–Kier alpha value is -4.76. The topological polar surface area (TPSA) is 160 Å². The minimum Gasteiger partial charge on any atom is -0.355 e. The predicted octanol–water partition coefficient (Wildman–Crippen LogP) is 1.64. The molecule has 1 amide bonds. The van der Waals surface area contributed by atoms with Gasteiger partial charge in [-0.3, -0.25) is 28.2 Å². The van der Waals surface area contributed by atoms with Gasteiger partial charge in [0.05, 0.1) is 35.3 Å². The fourth-order valence-corrected chi connectivity index (χ4v) is 8.16. The molecule has 0 bridgehead atoms. The fraction of sp³-hybridized carbons (Fsp3) is 0.290. The third-order valence-electron chi connectivity index (χ3n) is 7.75. The second-order valence-corrected chi connectivity index (χ2v) is 13.9. The van der Waals surface area contributed by atoms with Crippen LogP contribution in [0.1, 0.15) is 18.4 Å². The summed E-state index contributed by atoms with van der Waals surface area (Å²) in [7, 11) is -2.11. The molecular weight excluding hydrogens is 631 g/mol. The number of nitrogens with zero attached hydrogens (tertiary/aromatic N) is 6. The highest BCUT2D eigenvalue weighted by Gasteiger charge is 2.32. The van der Waals surface area contributed by atoms with Gasteiger partial charge < -0.3 is 5.32 Å². The van der Waals surface area contributed by atoms with Crippen LogP contribution in [0.15, 0.2) is 91.3 Å². The summed E-state index contributed by atoms with van der Waals surface area (Å²) in [5, 5.41) is 12.1. The number of rotatable bonds is 10. The number of carbonyl (C=O) groups excluding carboxylic acids is 1. The summed E-state index contributed by atoms with van der Waals surface area (Å²) in [4.78, 5) is 52.9. The first-order valence-corrected chi connectivity index (χ1v) is 17.3. The molecule has 0 atom stereocenters. The van der Waals surface area contributed by atoms with Crippen LogP contribution in [0.5, 0.6) is 0 Å². The second-order valence-electron chi connectivity index (χ2n) is 10.9. The van der Waals surface area contributed by atoms with Crippen LogP contribution in [-0.2, 0) is 41.3 Å². The van der Waals surface area contributed by atoms with Crippen molar-refractivity contribution in [2.75, 3.05) is 18.1 Å². The van der Waals surface area contributed by atoms with E-state index in [0.717, 1.165) is 21.9 Å². The molecule has 0 saturated carbocycles. The summed E-state index contributed by atoms with van der Waals surface area (Å²) in [6.07, 6.45) is 2.12. The fourth-order valence-electron chi connectivity index (χ4n) is 5.55. The molecule has 1 N–H and O–H groups in total. The molecule has 0 radical (unpaired) electrons. The van der Waals surface area contributed by atoms with Crippen molar-refractivity contribution >= 4 is 38.4 Å². The minimum absolute atomic E-state index is 0.00984. The molecule has 5 aromatic rings. The van der Waals surface area contributed by atoms with Gasteiger partial charge in [0, 0.05) is 26.7 Å². The summed E-state index contributed by atoms with van der Waals surface area (Å²) in [6.45, 7) is 0.651. The summed E-state index contributed by atoms with van der Waals surface area (Å²) >= 11 is 1.13. The Morgan fingerprint density at radius 1 is 1.00 bits per heavy atom. The quantitative estimate of drug-likeness (QED) is 0.133. The SMILES string of the molecule is Cn1nc(SCC(=O)NCCCn2c(=O)c(-c3ccccc3)c3n(c2=O)CCCS3(=O)=O)c2c(=O)n(Cc3ccccc3)ncc21. The van der Waals surface area contributed by atoms with Crippen molar-refractivity contribution in [3.05, 3.63) is 104 Å². The molecule has 3 aromatic heterocycles. The summed E-state index contributed by atoms with van der Waals surface area (Å²) in [5.74, 6) is -0.452. The van der Waals surface area contributed by atoms with Crippen LogP contribution >= 0.6 is 11.8 Å². The molecule has 0 unspecified atom stereocenters. The average molecular weight is 662 g/mol. The normalized spacial score (nSPS) is 13.8. The molecule has 0 spiro atoms. The Kier molecular flexibility index (Phi) is 8.77. The monoisotopic (exact) mass is 661 g/mol. The van der Waals surface area contributed by atoms with E-state index in [1.165, 1.54) is 9.25 Å². The first-order valence-electron chi connectivity index (χ1n) is 14.7. The van der Waals surface area contributed by atoms with E-state index in [1.807, 2.05) is 30.3 Å². The number of thioether (sulfide) groups is 1. The Morgan fingerprint density at radius 3 is 2.46 bits per heavy atom. The zero-order valence-corrected chi connectivity index (χ0v) is 26.6. The summed E-state index contributed by atoms with van der Waals surface area (Å²) in [6, 6.07) is 18.0. The van der Waals surface area contributed by atoms with Crippen LogP contribution in [0, 0.1) is 0 Å². The van der Waals surface area contributed by atoms with Crippen molar-refractivity contribution < 1.29 is 13.2 Å². The van der Waals surface area contributed by atoms with Gasteiger partial charge in [0.2, 0.25) is 5.91 Å². The van der Waals surface area contributed by atoms with Crippen LogP contribution < -0.4 is 22.1 Å². The first-order chi connectivity index (χ1) is 22.2. The molecule has 238 valence electrons. The summed E-state index contributed by atoms with van der Waals surface area (Å²) in [5.41, 5.74) is 0.231. The van der Waals surface area contributed by atoms with Gasteiger partial charge in [-0.25, -0.2) is 17.9 Å². The molecule has 1 aliphatic heterocycles. The molecule has 2 aromatic carbocycles. The Bertz CT molecular complexity index is 2220. The highest BCUT2D eigenvalue weighted by Crippen LogP contribution is 2.27. The average Bonchev–Trinajstić information content (AvgIpc) is 3.37. The molecular formula is C31H31N7O6S2. The Labute approximate surface area is 267 Å². The van der Waals surface area contributed by atoms with E-state index >= 15 is 0 Å². The predicted molar refractivity (Wildman–Crippen MR) is 174 cm³/mol. The summed E-state index contributed by atoms with van der Waals surface area (Å²) < 4.78 is 31.1. The van der Waals surface area contributed by atoms with E-state index in [0.29, 0.717) is 28.0 Å². The van der Waals surface area contributed by atoms with Crippen LogP contribution in [-0.4, -0.2) is 61.1 Å². The molecule has 4 heterocycles. The lowest BCUT2D eigenvalue weighted by molar-refractivity contribution is -0.118. The van der Waals surface area contributed by atoms with Crippen molar-refractivity contribution in [1.82, 2.24) is 34.0 Å². The van der Waals surface area contributed by atoms with Gasteiger partial charge in [-0.15, -0.1) is 0 Å². The lowest BCUT2D eigenvalue weighted by atomic mass is 10.1. The van der Waals surface area contributed by atoms with E-state index in [2.05, 4.69) is 15.5 Å². The van der Waals surface area contributed by atoms with Gasteiger partial charge >= 0.3 is 5.69 Å². The molecule has 6 rings (SSSR count).